The van der Waals surface area contributed by atoms with Gasteiger partial charge in [-0.1, -0.05) is 20.8 Å². The zero-order chi connectivity index (χ0) is 12.4. The zero-order valence-electron chi connectivity index (χ0n) is 12.0. The van der Waals surface area contributed by atoms with Gasteiger partial charge in [0.05, 0.1) is 0 Å². The summed E-state index contributed by atoms with van der Waals surface area (Å²) in [5.41, 5.74) is 0.627. The first kappa shape index (κ1) is 14.0. The third-order valence-corrected chi connectivity index (χ3v) is 3.92. The van der Waals surface area contributed by atoms with Gasteiger partial charge in [0.25, 0.3) is 0 Å². The minimum atomic E-state index is 0.196. The van der Waals surface area contributed by atoms with Crippen LogP contribution in [0.5, 0.6) is 0 Å². The molecule has 2 heteroatoms. The van der Waals surface area contributed by atoms with Crippen LogP contribution in [0, 0.1) is 11.3 Å². The quantitative estimate of drug-likeness (QED) is 0.664. The van der Waals surface area contributed by atoms with E-state index in [1.54, 1.807) is 0 Å². The molecule has 2 atom stereocenters. The largest absolute Gasteiger partial charge is 0.314 e. The zero-order valence-corrected chi connectivity index (χ0v) is 12.0. The maximum absolute atomic E-state index is 3.74. The molecule has 0 saturated carbocycles. The van der Waals surface area contributed by atoms with Crippen LogP contribution in [0.15, 0.2) is 0 Å². The molecule has 0 aliphatic carbocycles. The Morgan fingerprint density at radius 3 is 2.25 bits per heavy atom. The maximum Gasteiger partial charge on any atom is 0.0252 e. The monoisotopic (exact) mass is 226 g/mol. The highest BCUT2D eigenvalue weighted by molar-refractivity contribution is 4.88. The summed E-state index contributed by atoms with van der Waals surface area (Å²) in [6, 6.07) is 0.602. The molecule has 0 aromatic heterocycles. The molecule has 1 saturated heterocycles. The van der Waals surface area contributed by atoms with Crippen molar-refractivity contribution in [2.45, 2.75) is 66.0 Å². The van der Waals surface area contributed by atoms with Gasteiger partial charge in [-0.15, -0.1) is 0 Å². The fourth-order valence-electron chi connectivity index (χ4n) is 2.48. The normalized spacial score (nSPS) is 35.6. The Morgan fingerprint density at radius 2 is 1.62 bits per heavy atom. The lowest BCUT2D eigenvalue weighted by Gasteiger charge is -2.38. The lowest BCUT2D eigenvalue weighted by molar-refractivity contribution is 0.206. The van der Waals surface area contributed by atoms with Gasteiger partial charge in [0, 0.05) is 24.7 Å². The Labute approximate surface area is 102 Å². The molecule has 0 aromatic rings. The van der Waals surface area contributed by atoms with Crippen LogP contribution in [0.2, 0.25) is 0 Å². The lowest BCUT2D eigenvalue weighted by Crippen LogP contribution is -2.54. The molecule has 2 nitrogen and oxygen atoms in total. The van der Waals surface area contributed by atoms with Crippen molar-refractivity contribution >= 4 is 0 Å². The SMILES string of the molecule is CC1CCC(C)(C)CNCC(C)(C)NC1C. The number of hydrogen-bond acceptors (Lipinski definition) is 2. The molecule has 0 radical (unpaired) electrons. The van der Waals surface area contributed by atoms with Crippen LogP contribution in [0.1, 0.15) is 54.4 Å². The molecule has 2 unspecified atom stereocenters. The number of rotatable bonds is 0. The first-order valence-electron chi connectivity index (χ1n) is 6.70. The van der Waals surface area contributed by atoms with Crippen LogP contribution in [-0.4, -0.2) is 24.7 Å². The molecule has 1 aliphatic heterocycles. The summed E-state index contributed by atoms with van der Waals surface area (Å²) >= 11 is 0. The van der Waals surface area contributed by atoms with Crippen LogP contribution in [0.25, 0.3) is 0 Å². The summed E-state index contributed by atoms with van der Waals surface area (Å²) in [5, 5.41) is 7.35. The summed E-state index contributed by atoms with van der Waals surface area (Å²) < 4.78 is 0. The van der Waals surface area contributed by atoms with Gasteiger partial charge in [-0.2, -0.15) is 0 Å². The highest BCUT2D eigenvalue weighted by Crippen LogP contribution is 2.26. The van der Waals surface area contributed by atoms with Gasteiger partial charge in [0.2, 0.25) is 0 Å². The van der Waals surface area contributed by atoms with Gasteiger partial charge in [0.1, 0.15) is 0 Å². The van der Waals surface area contributed by atoms with Crippen molar-refractivity contribution in [2.24, 2.45) is 11.3 Å². The van der Waals surface area contributed by atoms with Gasteiger partial charge in [-0.25, -0.2) is 0 Å². The molecular weight excluding hydrogens is 196 g/mol. The Morgan fingerprint density at radius 1 is 1.00 bits per heavy atom. The molecule has 0 amide bonds. The Bertz CT molecular complexity index is 221. The Balaban J connectivity index is 2.68. The van der Waals surface area contributed by atoms with Crippen molar-refractivity contribution in [1.82, 2.24) is 10.6 Å². The van der Waals surface area contributed by atoms with Crippen LogP contribution in [0.4, 0.5) is 0 Å². The Hall–Kier alpha value is -0.0800. The van der Waals surface area contributed by atoms with Gasteiger partial charge >= 0.3 is 0 Å². The average molecular weight is 226 g/mol. The first-order valence-corrected chi connectivity index (χ1v) is 6.70. The molecule has 1 heterocycles. The molecule has 0 aromatic carbocycles. The predicted molar refractivity (Wildman–Crippen MR) is 71.7 cm³/mol. The summed E-state index contributed by atoms with van der Waals surface area (Å²) in [6.45, 7) is 16.2. The van der Waals surface area contributed by atoms with Crippen LogP contribution in [0.3, 0.4) is 0 Å². The van der Waals surface area contributed by atoms with E-state index in [4.69, 9.17) is 0 Å². The van der Waals surface area contributed by atoms with Crippen LogP contribution in [-0.2, 0) is 0 Å². The third kappa shape index (κ3) is 4.42. The molecule has 0 spiro atoms. The predicted octanol–water partition coefficient (Wildman–Crippen LogP) is 2.79. The lowest BCUT2D eigenvalue weighted by atomic mass is 9.82. The topological polar surface area (TPSA) is 24.1 Å². The van der Waals surface area contributed by atoms with E-state index in [2.05, 4.69) is 52.2 Å². The van der Waals surface area contributed by atoms with E-state index in [9.17, 15) is 0 Å². The van der Waals surface area contributed by atoms with E-state index >= 15 is 0 Å². The van der Waals surface area contributed by atoms with Gasteiger partial charge < -0.3 is 10.6 Å². The van der Waals surface area contributed by atoms with E-state index in [0.29, 0.717) is 11.5 Å². The van der Waals surface area contributed by atoms with E-state index in [1.807, 2.05) is 0 Å². The van der Waals surface area contributed by atoms with E-state index in [-0.39, 0.29) is 5.54 Å². The van der Waals surface area contributed by atoms with Gasteiger partial charge in [-0.05, 0) is 44.9 Å². The minimum Gasteiger partial charge on any atom is -0.314 e. The average Bonchev–Trinajstić information content (AvgIpc) is 2.11. The smallest absolute Gasteiger partial charge is 0.0252 e. The minimum absolute atomic E-state index is 0.196. The van der Waals surface area contributed by atoms with E-state index < -0.39 is 0 Å². The van der Waals surface area contributed by atoms with Gasteiger partial charge in [-0.3, -0.25) is 0 Å². The molecule has 96 valence electrons. The second kappa shape index (κ2) is 5.05. The molecule has 1 rings (SSSR count). The van der Waals surface area contributed by atoms with Crippen molar-refractivity contribution in [3.8, 4) is 0 Å². The molecule has 1 aliphatic rings. The Kier molecular flexibility index (Phi) is 4.42. The van der Waals surface area contributed by atoms with Crippen molar-refractivity contribution in [2.75, 3.05) is 13.1 Å². The van der Waals surface area contributed by atoms with Crippen molar-refractivity contribution < 1.29 is 0 Å². The number of nitrogens with one attached hydrogen (secondary N) is 2. The van der Waals surface area contributed by atoms with Gasteiger partial charge in [0.15, 0.2) is 0 Å². The number of hydrogen-bond donors (Lipinski definition) is 2. The van der Waals surface area contributed by atoms with Crippen LogP contribution < -0.4 is 10.6 Å². The fraction of sp³-hybridized carbons (Fsp3) is 1.00. The summed E-state index contributed by atoms with van der Waals surface area (Å²) in [5.74, 6) is 0.761. The second-order valence-electron chi connectivity index (χ2n) is 7.10. The standard InChI is InChI=1S/C14H30N2/c1-11-7-8-13(3,4)9-15-10-14(5,6)16-12(11)2/h11-12,15-16H,7-10H2,1-6H3. The van der Waals surface area contributed by atoms with Crippen molar-refractivity contribution in [3.63, 3.8) is 0 Å². The molecule has 1 fully saturated rings. The van der Waals surface area contributed by atoms with E-state index in [0.717, 1.165) is 19.0 Å². The highest BCUT2D eigenvalue weighted by atomic mass is 15.0. The molecular formula is C14H30N2. The molecule has 2 N–H and O–H groups in total. The molecule has 16 heavy (non-hydrogen) atoms. The second-order valence-corrected chi connectivity index (χ2v) is 7.10. The fourth-order valence-corrected chi connectivity index (χ4v) is 2.48. The summed E-state index contributed by atoms with van der Waals surface area (Å²) in [6.07, 6.45) is 2.63. The first-order chi connectivity index (χ1) is 7.22. The van der Waals surface area contributed by atoms with Crippen LogP contribution >= 0.6 is 0 Å². The van der Waals surface area contributed by atoms with E-state index in [1.165, 1.54) is 12.8 Å². The summed E-state index contributed by atoms with van der Waals surface area (Å²) in [4.78, 5) is 0. The maximum atomic E-state index is 3.74. The van der Waals surface area contributed by atoms with Crippen molar-refractivity contribution in [1.29, 1.82) is 0 Å². The highest BCUT2D eigenvalue weighted by Gasteiger charge is 2.27. The van der Waals surface area contributed by atoms with Crippen molar-refractivity contribution in [3.05, 3.63) is 0 Å². The molecule has 0 bridgehead atoms. The third-order valence-electron chi connectivity index (χ3n) is 3.92. The summed E-state index contributed by atoms with van der Waals surface area (Å²) in [7, 11) is 0.